The number of aryl methyl sites for hydroxylation is 1. The summed E-state index contributed by atoms with van der Waals surface area (Å²) in [5.74, 6) is 0.701. The van der Waals surface area contributed by atoms with Crippen LogP contribution in [-0.4, -0.2) is 37.1 Å². The van der Waals surface area contributed by atoms with Crippen LogP contribution in [0.4, 0.5) is 5.69 Å². The number of carbonyl (C=O) groups is 2. The van der Waals surface area contributed by atoms with Crippen LogP contribution in [-0.2, 0) is 12.5 Å². The molecule has 3 aromatic carbocycles. The molecular formula is C29H31N3O4. The van der Waals surface area contributed by atoms with Gasteiger partial charge in [0.05, 0.1) is 14.2 Å². The molecule has 0 atom stereocenters. The molecule has 0 bridgehead atoms. The van der Waals surface area contributed by atoms with Crippen molar-refractivity contribution < 1.29 is 19.1 Å². The maximum absolute atomic E-state index is 12.9. The number of fused-ring (bicyclic) bond motifs is 1. The predicted molar refractivity (Wildman–Crippen MR) is 142 cm³/mol. The van der Waals surface area contributed by atoms with E-state index in [9.17, 15) is 9.59 Å². The summed E-state index contributed by atoms with van der Waals surface area (Å²) in [5.41, 5.74) is 3.52. The van der Waals surface area contributed by atoms with Gasteiger partial charge in [0.15, 0.2) is 11.5 Å². The van der Waals surface area contributed by atoms with Gasteiger partial charge in [-0.1, -0.05) is 44.2 Å². The number of rotatable bonds is 8. The highest BCUT2D eigenvalue weighted by molar-refractivity contribution is 6.04. The van der Waals surface area contributed by atoms with E-state index < -0.39 is 0 Å². The van der Waals surface area contributed by atoms with Crippen LogP contribution in [0.2, 0.25) is 0 Å². The Morgan fingerprint density at radius 1 is 0.861 bits per heavy atom. The van der Waals surface area contributed by atoms with Crippen LogP contribution in [0, 0.1) is 0 Å². The lowest BCUT2D eigenvalue weighted by Gasteiger charge is -2.26. The van der Waals surface area contributed by atoms with Crippen molar-refractivity contribution in [1.82, 2.24) is 9.88 Å². The number of aromatic nitrogens is 1. The monoisotopic (exact) mass is 485 g/mol. The molecule has 0 fully saturated rings. The maximum Gasteiger partial charge on any atom is 0.267 e. The Hall–Kier alpha value is -4.26. The summed E-state index contributed by atoms with van der Waals surface area (Å²) in [5, 5.41) is 7.02. The highest BCUT2D eigenvalue weighted by Gasteiger charge is 2.23. The number of para-hydroxylation sites is 1. The Labute approximate surface area is 211 Å². The topological polar surface area (TPSA) is 81.6 Å². The SMILES string of the molecule is COc1ccc(C(=O)Nc2ccc(C(C)(C)CNC(=O)c3cc4ccccc4n3C)cc2)cc1OC. The fraction of sp³-hybridized carbons (Fsp3) is 0.241. The lowest BCUT2D eigenvalue weighted by molar-refractivity contribution is 0.0937. The molecule has 0 saturated heterocycles. The zero-order valence-electron chi connectivity index (χ0n) is 21.2. The molecular weight excluding hydrogens is 454 g/mol. The van der Waals surface area contributed by atoms with Gasteiger partial charge in [0.25, 0.3) is 11.8 Å². The van der Waals surface area contributed by atoms with Crippen LogP contribution in [0.3, 0.4) is 0 Å². The second-order valence-corrected chi connectivity index (χ2v) is 9.32. The second-order valence-electron chi connectivity index (χ2n) is 9.32. The lowest BCUT2D eigenvalue weighted by Crippen LogP contribution is -2.37. The molecule has 36 heavy (non-hydrogen) atoms. The number of ether oxygens (including phenoxy) is 2. The first kappa shape index (κ1) is 24.9. The molecule has 2 N–H and O–H groups in total. The zero-order chi connectivity index (χ0) is 25.9. The molecule has 2 amide bonds. The van der Waals surface area contributed by atoms with Crippen molar-refractivity contribution in [3.63, 3.8) is 0 Å². The van der Waals surface area contributed by atoms with Gasteiger partial charge in [0.1, 0.15) is 5.69 Å². The van der Waals surface area contributed by atoms with Gasteiger partial charge < -0.3 is 24.7 Å². The van der Waals surface area contributed by atoms with Crippen molar-refractivity contribution in [1.29, 1.82) is 0 Å². The third-order valence-electron chi connectivity index (χ3n) is 6.45. The van der Waals surface area contributed by atoms with E-state index in [2.05, 4.69) is 24.5 Å². The molecule has 4 rings (SSSR count). The Bertz CT molecular complexity index is 1400. The number of benzene rings is 3. The van der Waals surface area contributed by atoms with Gasteiger partial charge in [-0.05, 0) is 48.0 Å². The molecule has 0 spiro atoms. The number of hydrogen-bond acceptors (Lipinski definition) is 4. The molecule has 1 heterocycles. The third-order valence-corrected chi connectivity index (χ3v) is 6.45. The van der Waals surface area contributed by atoms with Crippen molar-refractivity contribution in [3.8, 4) is 11.5 Å². The molecule has 4 aromatic rings. The van der Waals surface area contributed by atoms with E-state index in [1.54, 1.807) is 25.3 Å². The largest absolute Gasteiger partial charge is 0.493 e. The summed E-state index contributed by atoms with van der Waals surface area (Å²) in [4.78, 5) is 25.6. The molecule has 7 heteroatoms. The van der Waals surface area contributed by atoms with E-state index in [-0.39, 0.29) is 17.2 Å². The van der Waals surface area contributed by atoms with Crippen LogP contribution in [0.1, 0.15) is 40.3 Å². The first-order valence-corrected chi connectivity index (χ1v) is 11.7. The van der Waals surface area contributed by atoms with E-state index in [1.165, 1.54) is 7.11 Å². The number of nitrogens with one attached hydrogen (secondary N) is 2. The van der Waals surface area contributed by atoms with E-state index in [1.807, 2.05) is 66.2 Å². The van der Waals surface area contributed by atoms with Crippen molar-refractivity contribution in [2.45, 2.75) is 19.3 Å². The number of amides is 2. The average molecular weight is 486 g/mol. The van der Waals surface area contributed by atoms with Gasteiger partial charge >= 0.3 is 0 Å². The van der Waals surface area contributed by atoms with E-state index in [0.29, 0.717) is 35.0 Å². The summed E-state index contributed by atoms with van der Waals surface area (Å²) in [7, 11) is 4.98. The molecule has 0 unspecified atom stereocenters. The lowest BCUT2D eigenvalue weighted by atomic mass is 9.84. The van der Waals surface area contributed by atoms with Gasteiger partial charge in [-0.3, -0.25) is 9.59 Å². The Balaban J connectivity index is 1.40. The minimum absolute atomic E-state index is 0.111. The highest BCUT2D eigenvalue weighted by Crippen LogP contribution is 2.28. The molecule has 0 aliphatic carbocycles. The molecule has 0 aliphatic heterocycles. The van der Waals surface area contributed by atoms with Gasteiger partial charge in [-0.25, -0.2) is 0 Å². The average Bonchev–Trinajstić information content (AvgIpc) is 3.23. The zero-order valence-corrected chi connectivity index (χ0v) is 21.2. The molecule has 186 valence electrons. The Morgan fingerprint density at radius 2 is 1.56 bits per heavy atom. The fourth-order valence-corrected chi connectivity index (χ4v) is 4.19. The number of methoxy groups -OCH3 is 2. The smallest absolute Gasteiger partial charge is 0.267 e. The summed E-state index contributed by atoms with van der Waals surface area (Å²) in [6.45, 7) is 4.61. The Kier molecular flexibility index (Phi) is 7.01. The van der Waals surface area contributed by atoms with Gasteiger partial charge in [-0.15, -0.1) is 0 Å². The summed E-state index contributed by atoms with van der Waals surface area (Å²) in [6.07, 6.45) is 0. The highest BCUT2D eigenvalue weighted by atomic mass is 16.5. The van der Waals surface area contributed by atoms with Crippen molar-refractivity contribution in [3.05, 3.63) is 89.6 Å². The quantitative estimate of drug-likeness (QED) is 0.361. The van der Waals surface area contributed by atoms with Crippen LogP contribution < -0.4 is 20.1 Å². The first-order chi connectivity index (χ1) is 17.2. The number of anilines is 1. The maximum atomic E-state index is 12.9. The standard InChI is InChI=1S/C29H31N3O4/c1-29(2,18-30-28(34)24-16-19-8-6-7-9-23(19)32(24)3)21-11-13-22(14-12-21)31-27(33)20-10-15-25(35-4)26(17-20)36-5/h6-17H,18H2,1-5H3,(H,30,34)(H,31,33). The molecule has 0 aliphatic rings. The fourth-order valence-electron chi connectivity index (χ4n) is 4.19. The van der Waals surface area contributed by atoms with Crippen LogP contribution in [0.25, 0.3) is 10.9 Å². The van der Waals surface area contributed by atoms with Crippen molar-refractivity contribution in [2.75, 3.05) is 26.1 Å². The van der Waals surface area contributed by atoms with Gasteiger partial charge in [0, 0.05) is 41.2 Å². The predicted octanol–water partition coefficient (Wildman–Crippen LogP) is 5.16. The third kappa shape index (κ3) is 5.05. The second kappa shape index (κ2) is 10.2. The minimum Gasteiger partial charge on any atom is -0.493 e. The van der Waals surface area contributed by atoms with Crippen LogP contribution in [0.15, 0.2) is 72.8 Å². The van der Waals surface area contributed by atoms with E-state index >= 15 is 0 Å². The summed E-state index contributed by atoms with van der Waals surface area (Å²) >= 11 is 0. The van der Waals surface area contributed by atoms with Crippen LogP contribution in [0.5, 0.6) is 11.5 Å². The van der Waals surface area contributed by atoms with Gasteiger partial charge in [0.2, 0.25) is 0 Å². The van der Waals surface area contributed by atoms with Crippen molar-refractivity contribution >= 4 is 28.4 Å². The molecule has 0 radical (unpaired) electrons. The molecule has 0 saturated carbocycles. The summed E-state index contributed by atoms with van der Waals surface area (Å²) in [6, 6.07) is 22.5. The molecule has 1 aromatic heterocycles. The number of nitrogens with zero attached hydrogens (tertiary/aromatic N) is 1. The molecule has 7 nitrogen and oxygen atoms in total. The number of hydrogen-bond donors (Lipinski definition) is 2. The van der Waals surface area contributed by atoms with E-state index in [0.717, 1.165) is 16.5 Å². The first-order valence-electron chi connectivity index (χ1n) is 11.7. The van der Waals surface area contributed by atoms with Gasteiger partial charge in [-0.2, -0.15) is 0 Å². The van der Waals surface area contributed by atoms with Crippen LogP contribution >= 0.6 is 0 Å². The Morgan fingerprint density at radius 3 is 2.22 bits per heavy atom. The summed E-state index contributed by atoms with van der Waals surface area (Å²) < 4.78 is 12.4. The minimum atomic E-state index is -0.313. The number of carbonyl (C=O) groups excluding carboxylic acids is 2. The van der Waals surface area contributed by atoms with Crippen molar-refractivity contribution in [2.24, 2.45) is 7.05 Å². The normalized spacial score (nSPS) is 11.2. The van der Waals surface area contributed by atoms with E-state index in [4.69, 9.17) is 9.47 Å².